The Kier molecular flexibility index (Phi) is 3.61. The number of aryl methyl sites for hydroxylation is 1. The molecule has 0 radical (unpaired) electrons. The van der Waals surface area contributed by atoms with Crippen LogP contribution in [0.4, 0.5) is 0 Å². The second kappa shape index (κ2) is 4.97. The molecule has 16 heavy (non-hydrogen) atoms. The number of nitrogens with zero attached hydrogens (tertiary/aromatic N) is 2. The molecule has 3 atom stereocenters. The third kappa shape index (κ3) is 2.13. The van der Waals surface area contributed by atoms with Gasteiger partial charge in [-0.15, -0.1) is 0 Å². The van der Waals surface area contributed by atoms with Crippen molar-refractivity contribution in [1.82, 2.24) is 9.78 Å². The highest BCUT2D eigenvalue weighted by atomic mass is 16.5. The van der Waals surface area contributed by atoms with Crippen molar-refractivity contribution in [3.8, 4) is 0 Å². The van der Waals surface area contributed by atoms with Gasteiger partial charge in [0.2, 0.25) is 0 Å². The predicted octanol–water partition coefficient (Wildman–Crippen LogP) is 1.75. The number of hydrogen-bond acceptors (Lipinski definition) is 3. The Bertz CT molecular complexity index is 338. The van der Waals surface area contributed by atoms with Crippen molar-refractivity contribution in [2.45, 2.75) is 45.4 Å². The Morgan fingerprint density at radius 1 is 1.62 bits per heavy atom. The van der Waals surface area contributed by atoms with Gasteiger partial charge in [-0.2, -0.15) is 5.10 Å². The first-order valence-electron chi connectivity index (χ1n) is 6.08. The molecule has 4 nitrogen and oxygen atoms in total. The molecule has 1 aliphatic heterocycles. The number of aromatic nitrogens is 2. The Labute approximate surface area is 96.2 Å². The minimum atomic E-state index is -0.437. The SMILES string of the molecule is CCC1OCCC1C(O)c1cnn(CC)c1. The lowest BCUT2D eigenvalue weighted by Gasteiger charge is -2.21. The summed E-state index contributed by atoms with van der Waals surface area (Å²) in [5, 5.41) is 14.5. The largest absolute Gasteiger partial charge is 0.388 e. The van der Waals surface area contributed by atoms with Crippen LogP contribution in [-0.4, -0.2) is 27.6 Å². The van der Waals surface area contributed by atoms with E-state index in [2.05, 4.69) is 12.0 Å². The third-order valence-electron chi connectivity index (χ3n) is 3.39. The molecule has 3 unspecified atom stereocenters. The molecule has 0 bridgehead atoms. The van der Waals surface area contributed by atoms with Crippen LogP contribution in [0.5, 0.6) is 0 Å². The monoisotopic (exact) mass is 224 g/mol. The maximum Gasteiger partial charge on any atom is 0.0874 e. The van der Waals surface area contributed by atoms with E-state index >= 15 is 0 Å². The molecule has 1 saturated heterocycles. The number of hydrogen-bond donors (Lipinski definition) is 1. The van der Waals surface area contributed by atoms with Crippen LogP contribution in [0.3, 0.4) is 0 Å². The molecule has 2 heterocycles. The van der Waals surface area contributed by atoms with Gasteiger partial charge in [0.15, 0.2) is 0 Å². The van der Waals surface area contributed by atoms with Crippen molar-refractivity contribution >= 4 is 0 Å². The Morgan fingerprint density at radius 2 is 2.44 bits per heavy atom. The van der Waals surface area contributed by atoms with Gasteiger partial charge in [0.25, 0.3) is 0 Å². The summed E-state index contributed by atoms with van der Waals surface area (Å²) in [7, 11) is 0. The molecule has 0 amide bonds. The van der Waals surface area contributed by atoms with E-state index in [-0.39, 0.29) is 12.0 Å². The number of rotatable bonds is 4. The normalized spacial score (nSPS) is 27.2. The van der Waals surface area contributed by atoms with Gasteiger partial charge in [-0.1, -0.05) is 6.92 Å². The van der Waals surface area contributed by atoms with Crippen molar-refractivity contribution in [1.29, 1.82) is 0 Å². The molecule has 0 spiro atoms. The number of aliphatic hydroxyl groups is 1. The van der Waals surface area contributed by atoms with E-state index in [9.17, 15) is 5.11 Å². The first-order valence-corrected chi connectivity index (χ1v) is 6.08. The van der Waals surface area contributed by atoms with E-state index in [4.69, 9.17) is 4.74 Å². The van der Waals surface area contributed by atoms with Gasteiger partial charge in [-0.05, 0) is 19.8 Å². The summed E-state index contributed by atoms with van der Waals surface area (Å²) in [6.45, 7) is 5.75. The highest BCUT2D eigenvalue weighted by molar-refractivity contribution is 5.10. The number of ether oxygens (including phenoxy) is 1. The van der Waals surface area contributed by atoms with E-state index in [1.165, 1.54) is 0 Å². The van der Waals surface area contributed by atoms with Gasteiger partial charge in [0.1, 0.15) is 0 Å². The maximum absolute atomic E-state index is 10.3. The van der Waals surface area contributed by atoms with Gasteiger partial charge in [-0.25, -0.2) is 0 Å². The smallest absolute Gasteiger partial charge is 0.0874 e. The van der Waals surface area contributed by atoms with Crippen LogP contribution in [0, 0.1) is 5.92 Å². The highest BCUT2D eigenvalue weighted by Crippen LogP contribution is 2.34. The number of aliphatic hydroxyl groups excluding tert-OH is 1. The zero-order valence-corrected chi connectivity index (χ0v) is 9.97. The summed E-state index contributed by atoms with van der Waals surface area (Å²) >= 11 is 0. The lowest BCUT2D eigenvalue weighted by molar-refractivity contribution is 0.0307. The minimum Gasteiger partial charge on any atom is -0.388 e. The Balaban J connectivity index is 2.08. The molecule has 1 aromatic heterocycles. The molecular formula is C12H20N2O2. The molecular weight excluding hydrogens is 204 g/mol. The van der Waals surface area contributed by atoms with Crippen LogP contribution in [0.2, 0.25) is 0 Å². The summed E-state index contributed by atoms with van der Waals surface area (Å²) in [4.78, 5) is 0. The van der Waals surface area contributed by atoms with E-state index in [1.807, 2.05) is 17.8 Å². The van der Waals surface area contributed by atoms with Gasteiger partial charge >= 0.3 is 0 Å². The van der Waals surface area contributed by atoms with Crippen LogP contribution in [-0.2, 0) is 11.3 Å². The Morgan fingerprint density at radius 3 is 3.06 bits per heavy atom. The Hall–Kier alpha value is -0.870. The minimum absolute atomic E-state index is 0.194. The molecule has 1 aromatic rings. The first-order chi connectivity index (χ1) is 7.76. The van der Waals surface area contributed by atoms with Crippen molar-refractivity contribution in [3.63, 3.8) is 0 Å². The van der Waals surface area contributed by atoms with Gasteiger partial charge in [-0.3, -0.25) is 4.68 Å². The molecule has 4 heteroatoms. The molecule has 0 saturated carbocycles. The van der Waals surface area contributed by atoms with E-state index in [1.54, 1.807) is 6.20 Å². The first kappa shape index (κ1) is 11.6. The molecule has 1 fully saturated rings. The molecule has 1 aliphatic rings. The van der Waals surface area contributed by atoms with Crippen molar-refractivity contribution in [2.75, 3.05) is 6.61 Å². The lowest BCUT2D eigenvalue weighted by Crippen LogP contribution is -2.21. The van der Waals surface area contributed by atoms with Crippen LogP contribution >= 0.6 is 0 Å². The lowest BCUT2D eigenvalue weighted by atomic mass is 9.90. The average molecular weight is 224 g/mol. The average Bonchev–Trinajstić information content (AvgIpc) is 2.96. The standard InChI is InChI=1S/C12H20N2O2/c1-3-11-10(5-6-16-11)12(15)9-7-13-14(4-2)8-9/h7-8,10-12,15H,3-6H2,1-2H3. The zero-order chi connectivity index (χ0) is 11.5. The summed E-state index contributed by atoms with van der Waals surface area (Å²) in [5.74, 6) is 0.222. The summed E-state index contributed by atoms with van der Waals surface area (Å²) in [6, 6.07) is 0. The molecule has 90 valence electrons. The second-order valence-electron chi connectivity index (χ2n) is 4.34. The van der Waals surface area contributed by atoms with Crippen LogP contribution in [0.15, 0.2) is 12.4 Å². The quantitative estimate of drug-likeness (QED) is 0.847. The molecule has 2 rings (SSSR count). The van der Waals surface area contributed by atoms with Crippen molar-refractivity contribution in [2.24, 2.45) is 5.92 Å². The molecule has 1 N–H and O–H groups in total. The zero-order valence-electron chi connectivity index (χ0n) is 9.97. The fourth-order valence-electron chi connectivity index (χ4n) is 2.40. The summed E-state index contributed by atoms with van der Waals surface area (Å²) in [5.41, 5.74) is 0.913. The van der Waals surface area contributed by atoms with E-state index in [0.717, 1.165) is 31.6 Å². The topological polar surface area (TPSA) is 47.3 Å². The van der Waals surface area contributed by atoms with Crippen molar-refractivity contribution < 1.29 is 9.84 Å². The second-order valence-corrected chi connectivity index (χ2v) is 4.34. The predicted molar refractivity (Wildman–Crippen MR) is 61.0 cm³/mol. The van der Waals surface area contributed by atoms with Crippen LogP contribution in [0.25, 0.3) is 0 Å². The fourth-order valence-corrected chi connectivity index (χ4v) is 2.40. The maximum atomic E-state index is 10.3. The fraction of sp³-hybridized carbons (Fsp3) is 0.750. The highest BCUT2D eigenvalue weighted by Gasteiger charge is 2.33. The molecule has 0 aromatic carbocycles. The third-order valence-corrected chi connectivity index (χ3v) is 3.39. The molecule has 0 aliphatic carbocycles. The van der Waals surface area contributed by atoms with Crippen LogP contribution < -0.4 is 0 Å². The summed E-state index contributed by atoms with van der Waals surface area (Å²) < 4.78 is 7.45. The van der Waals surface area contributed by atoms with Gasteiger partial charge in [0, 0.05) is 30.8 Å². The van der Waals surface area contributed by atoms with Crippen LogP contribution in [0.1, 0.15) is 38.4 Å². The summed E-state index contributed by atoms with van der Waals surface area (Å²) in [6.07, 6.45) is 5.35. The van der Waals surface area contributed by atoms with E-state index < -0.39 is 6.10 Å². The van der Waals surface area contributed by atoms with E-state index in [0.29, 0.717) is 0 Å². The van der Waals surface area contributed by atoms with Gasteiger partial charge in [0.05, 0.1) is 18.4 Å². The van der Waals surface area contributed by atoms with Gasteiger partial charge < -0.3 is 9.84 Å². The van der Waals surface area contributed by atoms with Crippen molar-refractivity contribution in [3.05, 3.63) is 18.0 Å².